The molecular weight excluding hydrogens is 298 g/mol. The quantitative estimate of drug-likeness (QED) is 0.584. The number of hydrogen-bond acceptors (Lipinski definition) is 1. The van der Waals surface area contributed by atoms with E-state index in [4.69, 9.17) is 0 Å². The molecule has 2 N–H and O–H groups in total. The van der Waals surface area contributed by atoms with Crippen molar-refractivity contribution in [1.29, 1.82) is 0 Å². The van der Waals surface area contributed by atoms with E-state index in [2.05, 4.69) is 10.3 Å². The molecule has 118 valence electrons. The summed E-state index contributed by atoms with van der Waals surface area (Å²) in [6, 6.07) is 19.8. The molecule has 0 aliphatic heterocycles. The van der Waals surface area contributed by atoms with Crippen LogP contribution in [0, 0.1) is 0 Å². The van der Waals surface area contributed by atoms with Crippen molar-refractivity contribution in [3.05, 3.63) is 84.8 Å². The van der Waals surface area contributed by atoms with Gasteiger partial charge in [-0.25, -0.2) is 0 Å². The van der Waals surface area contributed by atoms with Gasteiger partial charge in [-0.2, -0.15) is 0 Å². The standard InChI is InChI=1S/C20H17N3O/c24-20(13-15-14-21-19-6-2-1-5-18(15)19)22-16-7-9-17(10-8-16)23-11-3-4-12-23/h1-12,14,21H,13H2,(H,22,24). The summed E-state index contributed by atoms with van der Waals surface area (Å²) in [6.07, 6.45) is 6.23. The van der Waals surface area contributed by atoms with Crippen LogP contribution in [-0.4, -0.2) is 15.5 Å². The Kier molecular flexibility index (Phi) is 3.63. The molecule has 4 heteroatoms. The van der Waals surface area contributed by atoms with Crippen LogP contribution in [0.2, 0.25) is 0 Å². The summed E-state index contributed by atoms with van der Waals surface area (Å²) in [4.78, 5) is 15.5. The van der Waals surface area contributed by atoms with Gasteiger partial charge in [-0.15, -0.1) is 0 Å². The fraction of sp³-hybridized carbons (Fsp3) is 0.0500. The van der Waals surface area contributed by atoms with E-state index >= 15 is 0 Å². The summed E-state index contributed by atoms with van der Waals surface area (Å²) in [6.45, 7) is 0. The highest BCUT2D eigenvalue weighted by atomic mass is 16.1. The van der Waals surface area contributed by atoms with Crippen LogP contribution >= 0.6 is 0 Å². The maximum atomic E-state index is 12.3. The van der Waals surface area contributed by atoms with E-state index in [9.17, 15) is 4.79 Å². The zero-order valence-corrected chi connectivity index (χ0v) is 13.1. The smallest absolute Gasteiger partial charge is 0.228 e. The molecule has 2 aromatic carbocycles. The van der Waals surface area contributed by atoms with Gasteiger partial charge in [0.1, 0.15) is 0 Å². The van der Waals surface area contributed by atoms with Crippen molar-refractivity contribution in [2.45, 2.75) is 6.42 Å². The van der Waals surface area contributed by atoms with E-state index in [1.54, 1.807) is 0 Å². The third kappa shape index (κ3) is 2.82. The van der Waals surface area contributed by atoms with Gasteiger partial charge >= 0.3 is 0 Å². The van der Waals surface area contributed by atoms with Crippen LogP contribution in [0.25, 0.3) is 16.6 Å². The van der Waals surface area contributed by atoms with Crippen molar-refractivity contribution in [2.24, 2.45) is 0 Å². The molecule has 0 bridgehead atoms. The van der Waals surface area contributed by atoms with Gasteiger partial charge in [-0.3, -0.25) is 4.79 Å². The predicted octanol–water partition coefficient (Wildman–Crippen LogP) is 4.14. The number of nitrogens with zero attached hydrogens (tertiary/aromatic N) is 1. The van der Waals surface area contributed by atoms with Gasteiger partial charge in [0.15, 0.2) is 0 Å². The van der Waals surface area contributed by atoms with Crippen LogP contribution in [0.15, 0.2) is 79.3 Å². The lowest BCUT2D eigenvalue weighted by Gasteiger charge is -2.07. The van der Waals surface area contributed by atoms with Crippen molar-refractivity contribution in [2.75, 3.05) is 5.32 Å². The zero-order chi connectivity index (χ0) is 16.4. The lowest BCUT2D eigenvalue weighted by Crippen LogP contribution is -2.14. The van der Waals surface area contributed by atoms with Crippen LogP contribution < -0.4 is 5.32 Å². The average Bonchev–Trinajstić information content (AvgIpc) is 3.26. The first kappa shape index (κ1) is 14.3. The average molecular weight is 315 g/mol. The highest BCUT2D eigenvalue weighted by molar-refractivity contribution is 5.95. The number of nitrogens with one attached hydrogen (secondary N) is 2. The summed E-state index contributed by atoms with van der Waals surface area (Å²) in [5, 5.41) is 4.05. The highest BCUT2D eigenvalue weighted by Crippen LogP contribution is 2.19. The number of H-pyrrole nitrogens is 1. The minimum Gasteiger partial charge on any atom is -0.361 e. The second kappa shape index (κ2) is 6.08. The summed E-state index contributed by atoms with van der Waals surface area (Å²) >= 11 is 0. The molecule has 0 aliphatic rings. The molecule has 1 amide bonds. The monoisotopic (exact) mass is 315 g/mol. The van der Waals surface area contributed by atoms with Crippen LogP contribution in [0.3, 0.4) is 0 Å². The fourth-order valence-electron chi connectivity index (χ4n) is 2.88. The second-order valence-corrected chi connectivity index (χ2v) is 5.72. The van der Waals surface area contributed by atoms with Crippen molar-refractivity contribution < 1.29 is 4.79 Å². The van der Waals surface area contributed by atoms with E-state index in [1.165, 1.54) is 0 Å². The summed E-state index contributed by atoms with van der Waals surface area (Å²) < 4.78 is 2.03. The second-order valence-electron chi connectivity index (χ2n) is 5.72. The van der Waals surface area contributed by atoms with E-state index in [-0.39, 0.29) is 5.91 Å². The topological polar surface area (TPSA) is 49.8 Å². The van der Waals surface area contributed by atoms with E-state index in [0.29, 0.717) is 6.42 Å². The van der Waals surface area contributed by atoms with Crippen molar-refractivity contribution in [3.8, 4) is 5.69 Å². The van der Waals surface area contributed by atoms with E-state index < -0.39 is 0 Å². The number of rotatable bonds is 4. The molecule has 0 saturated heterocycles. The van der Waals surface area contributed by atoms with Crippen LogP contribution in [0.1, 0.15) is 5.56 Å². The Morgan fingerprint density at radius 3 is 2.50 bits per heavy atom. The van der Waals surface area contributed by atoms with Gasteiger partial charge in [0, 0.05) is 40.9 Å². The largest absolute Gasteiger partial charge is 0.361 e. The van der Waals surface area contributed by atoms with Gasteiger partial charge in [0.25, 0.3) is 0 Å². The van der Waals surface area contributed by atoms with Crippen molar-refractivity contribution >= 4 is 22.5 Å². The Labute approximate surface area is 139 Å². The summed E-state index contributed by atoms with van der Waals surface area (Å²) in [7, 11) is 0. The number of carbonyl (C=O) groups excluding carboxylic acids is 1. The maximum Gasteiger partial charge on any atom is 0.228 e. The zero-order valence-electron chi connectivity index (χ0n) is 13.1. The molecule has 2 heterocycles. The normalized spacial score (nSPS) is 10.8. The van der Waals surface area contributed by atoms with Crippen LogP contribution in [0.4, 0.5) is 5.69 Å². The Hall–Kier alpha value is -3.27. The van der Waals surface area contributed by atoms with E-state index in [1.807, 2.05) is 83.8 Å². The highest BCUT2D eigenvalue weighted by Gasteiger charge is 2.09. The first-order valence-corrected chi connectivity index (χ1v) is 7.88. The number of hydrogen-bond donors (Lipinski definition) is 2. The summed E-state index contributed by atoms with van der Waals surface area (Å²) in [5.41, 5.74) is 3.92. The molecule has 0 aliphatic carbocycles. The van der Waals surface area contributed by atoms with Gasteiger partial charge in [-0.1, -0.05) is 18.2 Å². The Morgan fingerprint density at radius 1 is 0.958 bits per heavy atom. The molecule has 0 atom stereocenters. The SMILES string of the molecule is O=C(Cc1c[nH]c2ccccc12)Nc1ccc(-n2cccc2)cc1. The molecular formula is C20H17N3O. The number of fused-ring (bicyclic) bond motifs is 1. The molecule has 4 rings (SSSR count). The Balaban J connectivity index is 1.46. The maximum absolute atomic E-state index is 12.3. The molecule has 0 unspecified atom stereocenters. The minimum absolute atomic E-state index is 0.0199. The molecule has 0 fully saturated rings. The molecule has 24 heavy (non-hydrogen) atoms. The Morgan fingerprint density at radius 2 is 1.71 bits per heavy atom. The van der Waals surface area contributed by atoms with Gasteiger partial charge in [0.2, 0.25) is 5.91 Å². The molecule has 2 aromatic heterocycles. The van der Waals surface area contributed by atoms with Gasteiger partial charge < -0.3 is 14.9 Å². The third-order valence-corrected chi connectivity index (χ3v) is 4.08. The Bertz CT molecular complexity index is 966. The minimum atomic E-state index is -0.0199. The number of anilines is 1. The molecule has 0 radical (unpaired) electrons. The molecule has 4 nitrogen and oxygen atoms in total. The molecule has 0 saturated carbocycles. The van der Waals surface area contributed by atoms with Crippen LogP contribution in [-0.2, 0) is 11.2 Å². The molecule has 4 aromatic rings. The number of amides is 1. The lowest BCUT2D eigenvalue weighted by atomic mass is 10.1. The van der Waals surface area contributed by atoms with Gasteiger partial charge in [0.05, 0.1) is 6.42 Å². The number of aromatic amines is 1. The fourth-order valence-corrected chi connectivity index (χ4v) is 2.88. The predicted molar refractivity (Wildman–Crippen MR) is 96.4 cm³/mol. The van der Waals surface area contributed by atoms with E-state index in [0.717, 1.165) is 27.8 Å². The van der Waals surface area contributed by atoms with Crippen molar-refractivity contribution in [1.82, 2.24) is 9.55 Å². The number of para-hydroxylation sites is 1. The molecule has 0 spiro atoms. The van der Waals surface area contributed by atoms with Crippen LogP contribution in [0.5, 0.6) is 0 Å². The van der Waals surface area contributed by atoms with Gasteiger partial charge in [-0.05, 0) is 48.0 Å². The first-order chi connectivity index (χ1) is 11.8. The van der Waals surface area contributed by atoms with Crippen molar-refractivity contribution in [3.63, 3.8) is 0 Å². The first-order valence-electron chi connectivity index (χ1n) is 7.88. The number of carbonyl (C=O) groups is 1. The third-order valence-electron chi connectivity index (χ3n) is 4.08. The number of benzene rings is 2. The summed E-state index contributed by atoms with van der Waals surface area (Å²) in [5.74, 6) is -0.0199. The lowest BCUT2D eigenvalue weighted by molar-refractivity contribution is -0.115. The number of aromatic nitrogens is 2.